The lowest BCUT2D eigenvalue weighted by Gasteiger charge is -2.33. The summed E-state index contributed by atoms with van der Waals surface area (Å²) in [5.41, 5.74) is 2.91. The first-order valence-corrected chi connectivity index (χ1v) is 13.0. The maximum atomic E-state index is 14.0. The lowest BCUT2D eigenvalue weighted by Crippen LogP contribution is -2.51. The smallest absolute Gasteiger partial charge is 0.243 e. The van der Waals surface area contributed by atoms with Gasteiger partial charge in [0.05, 0.1) is 0 Å². The van der Waals surface area contributed by atoms with Crippen LogP contribution in [0.5, 0.6) is 0 Å². The van der Waals surface area contributed by atoms with Crippen LogP contribution in [0, 0.1) is 5.82 Å². The Labute approximate surface area is 213 Å². The van der Waals surface area contributed by atoms with Crippen LogP contribution in [0.4, 0.5) is 4.39 Å². The van der Waals surface area contributed by atoms with Crippen LogP contribution in [-0.4, -0.2) is 28.8 Å². The minimum atomic E-state index is -0.588. The van der Waals surface area contributed by atoms with Crippen LogP contribution >= 0.6 is 0 Å². The summed E-state index contributed by atoms with van der Waals surface area (Å²) in [4.78, 5) is 29.1. The van der Waals surface area contributed by atoms with Gasteiger partial charge in [0.2, 0.25) is 11.8 Å². The topological polar surface area (TPSA) is 49.4 Å². The van der Waals surface area contributed by atoms with E-state index in [1.807, 2.05) is 67.6 Å². The van der Waals surface area contributed by atoms with Gasteiger partial charge in [-0.2, -0.15) is 0 Å². The molecule has 0 heterocycles. The van der Waals surface area contributed by atoms with Crippen molar-refractivity contribution < 1.29 is 14.0 Å². The SMILES string of the molecule is CC[C@@H](C(=O)NC1CCCC1)N(Cc1ccc(F)cc1)C(=O)CC(c1ccccc1)c1ccccc1. The second-order valence-corrected chi connectivity index (χ2v) is 9.64. The molecule has 1 aliphatic carbocycles. The summed E-state index contributed by atoms with van der Waals surface area (Å²) < 4.78 is 13.6. The fourth-order valence-corrected chi connectivity index (χ4v) is 5.16. The standard InChI is InChI=1S/C31H35FN2O2/c1-2-29(31(36)33-27-15-9-10-16-27)34(22-23-17-19-26(32)20-18-23)30(35)21-28(24-11-5-3-6-12-24)25-13-7-4-8-14-25/h3-8,11-14,17-20,27-29H,2,9-10,15-16,21-22H2,1H3,(H,33,36)/t29-/m0/s1. The van der Waals surface area contributed by atoms with E-state index in [9.17, 15) is 14.0 Å². The third kappa shape index (κ3) is 6.60. The van der Waals surface area contributed by atoms with Gasteiger partial charge in [0.15, 0.2) is 0 Å². The quantitative estimate of drug-likeness (QED) is 0.370. The number of hydrogen-bond acceptors (Lipinski definition) is 2. The van der Waals surface area contributed by atoms with Crippen LogP contribution in [0.1, 0.15) is 68.1 Å². The summed E-state index contributed by atoms with van der Waals surface area (Å²) in [6.45, 7) is 2.20. The second-order valence-electron chi connectivity index (χ2n) is 9.64. The molecule has 1 fully saturated rings. The van der Waals surface area contributed by atoms with Gasteiger partial charge in [0.25, 0.3) is 0 Å². The molecule has 0 aliphatic heterocycles. The molecule has 0 unspecified atom stereocenters. The zero-order chi connectivity index (χ0) is 25.3. The van der Waals surface area contributed by atoms with Crippen LogP contribution in [-0.2, 0) is 16.1 Å². The zero-order valence-corrected chi connectivity index (χ0v) is 20.9. The summed E-state index contributed by atoms with van der Waals surface area (Å²) >= 11 is 0. The molecule has 5 heteroatoms. The molecule has 0 radical (unpaired) electrons. The molecule has 188 valence electrons. The maximum Gasteiger partial charge on any atom is 0.243 e. The van der Waals surface area contributed by atoms with Crippen LogP contribution in [0.2, 0.25) is 0 Å². The molecule has 1 aliphatic rings. The highest BCUT2D eigenvalue weighted by Crippen LogP contribution is 2.30. The summed E-state index contributed by atoms with van der Waals surface area (Å²) in [6.07, 6.45) is 4.96. The van der Waals surface area contributed by atoms with Crippen LogP contribution in [0.25, 0.3) is 0 Å². The summed E-state index contributed by atoms with van der Waals surface area (Å²) in [5, 5.41) is 3.18. The first-order chi connectivity index (χ1) is 17.5. The monoisotopic (exact) mass is 486 g/mol. The number of carbonyl (C=O) groups excluding carboxylic acids is 2. The highest BCUT2D eigenvalue weighted by molar-refractivity contribution is 5.88. The van der Waals surface area contributed by atoms with Gasteiger partial charge >= 0.3 is 0 Å². The number of rotatable bonds is 10. The Morgan fingerprint density at radius 2 is 1.44 bits per heavy atom. The number of amides is 2. The van der Waals surface area contributed by atoms with Crippen molar-refractivity contribution in [2.45, 2.75) is 70.0 Å². The summed E-state index contributed by atoms with van der Waals surface area (Å²) in [5.74, 6) is -0.650. The van der Waals surface area contributed by atoms with E-state index < -0.39 is 6.04 Å². The summed E-state index contributed by atoms with van der Waals surface area (Å²) in [7, 11) is 0. The van der Waals surface area contributed by atoms with Gasteiger partial charge in [0.1, 0.15) is 11.9 Å². The normalized spacial score (nSPS) is 14.5. The molecule has 4 nitrogen and oxygen atoms in total. The first kappa shape index (κ1) is 25.6. The molecule has 0 spiro atoms. The minimum absolute atomic E-state index is 0.0922. The van der Waals surface area contributed by atoms with E-state index in [1.165, 1.54) is 12.1 Å². The Balaban J connectivity index is 1.62. The van der Waals surface area contributed by atoms with Gasteiger partial charge in [-0.3, -0.25) is 9.59 Å². The van der Waals surface area contributed by atoms with Crippen LogP contribution < -0.4 is 5.32 Å². The molecule has 0 saturated heterocycles. The molecule has 1 N–H and O–H groups in total. The maximum absolute atomic E-state index is 14.0. The van der Waals surface area contributed by atoms with E-state index in [0.29, 0.717) is 6.42 Å². The third-order valence-electron chi connectivity index (χ3n) is 7.14. The molecule has 3 aromatic rings. The molecule has 4 rings (SSSR count). The van der Waals surface area contributed by atoms with Crippen molar-refractivity contribution in [3.8, 4) is 0 Å². The Kier molecular flexibility index (Phi) is 8.88. The molecule has 3 aromatic carbocycles. The molecule has 36 heavy (non-hydrogen) atoms. The largest absolute Gasteiger partial charge is 0.352 e. The van der Waals surface area contributed by atoms with E-state index in [0.717, 1.165) is 42.4 Å². The number of benzene rings is 3. The van der Waals surface area contributed by atoms with Gasteiger partial charge in [-0.25, -0.2) is 4.39 Å². The molecular formula is C31H35FN2O2. The Morgan fingerprint density at radius 3 is 1.97 bits per heavy atom. The van der Waals surface area contributed by atoms with Crippen LogP contribution in [0.3, 0.4) is 0 Å². The first-order valence-electron chi connectivity index (χ1n) is 13.0. The van der Waals surface area contributed by atoms with E-state index in [2.05, 4.69) is 5.32 Å². The van der Waals surface area contributed by atoms with Crippen molar-refractivity contribution in [2.75, 3.05) is 0 Å². The molecular weight excluding hydrogens is 451 g/mol. The predicted octanol–water partition coefficient (Wildman–Crippen LogP) is 6.21. The van der Waals surface area contributed by atoms with E-state index in [1.54, 1.807) is 17.0 Å². The van der Waals surface area contributed by atoms with Gasteiger partial charge in [-0.15, -0.1) is 0 Å². The second kappa shape index (κ2) is 12.5. The molecule has 1 saturated carbocycles. The number of nitrogens with zero attached hydrogens (tertiary/aromatic N) is 1. The molecule has 2 amide bonds. The molecule has 1 atom stereocenters. The van der Waals surface area contributed by atoms with Crippen LogP contribution in [0.15, 0.2) is 84.9 Å². The van der Waals surface area contributed by atoms with Gasteiger partial charge in [0, 0.05) is 24.9 Å². The van der Waals surface area contributed by atoms with Crippen molar-refractivity contribution in [3.05, 3.63) is 107 Å². The summed E-state index contributed by atoms with van der Waals surface area (Å²) in [6, 6.07) is 25.8. The average molecular weight is 487 g/mol. The average Bonchev–Trinajstić information content (AvgIpc) is 3.42. The van der Waals surface area contributed by atoms with Gasteiger partial charge in [-0.05, 0) is 48.1 Å². The predicted molar refractivity (Wildman–Crippen MR) is 141 cm³/mol. The molecule has 0 aromatic heterocycles. The number of hydrogen-bond donors (Lipinski definition) is 1. The fourth-order valence-electron chi connectivity index (χ4n) is 5.16. The van der Waals surface area contributed by atoms with Crippen molar-refractivity contribution in [1.29, 1.82) is 0 Å². The number of carbonyl (C=O) groups is 2. The number of nitrogens with one attached hydrogen (secondary N) is 1. The van der Waals surface area contributed by atoms with Crippen molar-refractivity contribution in [2.24, 2.45) is 0 Å². The van der Waals surface area contributed by atoms with E-state index in [4.69, 9.17) is 0 Å². The van der Waals surface area contributed by atoms with Gasteiger partial charge < -0.3 is 10.2 Å². The fraction of sp³-hybridized carbons (Fsp3) is 0.355. The highest BCUT2D eigenvalue weighted by Gasteiger charge is 2.32. The van der Waals surface area contributed by atoms with E-state index >= 15 is 0 Å². The zero-order valence-electron chi connectivity index (χ0n) is 20.9. The van der Waals surface area contributed by atoms with Gasteiger partial charge in [-0.1, -0.05) is 92.6 Å². The highest BCUT2D eigenvalue weighted by atomic mass is 19.1. The Bertz CT molecular complexity index is 1070. The Hall–Kier alpha value is -3.47. The lowest BCUT2D eigenvalue weighted by atomic mass is 9.88. The van der Waals surface area contributed by atoms with Crippen molar-refractivity contribution in [1.82, 2.24) is 10.2 Å². The lowest BCUT2D eigenvalue weighted by molar-refractivity contribution is -0.141. The minimum Gasteiger partial charge on any atom is -0.352 e. The third-order valence-corrected chi connectivity index (χ3v) is 7.14. The van der Waals surface area contributed by atoms with Crippen molar-refractivity contribution in [3.63, 3.8) is 0 Å². The van der Waals surface area contributed by atoms with Crippen molar-refractivity contribution >= 4 is 11.8 Å². The number of halogens is 1. The molecule has 0 bridgehead atoms. The van der Waals surface area contributed by atoms with E-state index in [-0.39, 0.29) is 42.6 Å². The Morgan fingerprint density at radius 1 is 0.889 bits per heavy atom.